The summed E-state index contributed by atoms with van der Waals surface area (Å²) in [5.41, 5.74) is 1.76. The average Bonchev–Trinajstić information content (AvgIpc) is 2.37. The van der Waals surface area contributed by atoms with Crippen LogP contribution in [0, 0.1) is 11.3 Å². The van der Waals surface area contributed by atoms with Crippen molar-refractivity contribution in [2.75, 3.05) is 6.61 Å². The highest BCUT2D eigenvalue weighted by Crippen LogP contribution is 2.25. The molecule has 0 fully saturated rings. The standard InChI is InChI=1S/C12H14BrNO3/c13-6-9-2-1-8(7-14)5-10(9)12(17)11(16)3-4-15/h1-2,5,11-12,15-17H,3-4,6H2. The Labute approximate surface area is 108 Å². The molecule has 0 bridgehead atoms. The molecule has 2 unspecified atom stereocenters. The van der Waals surface area contributed by atoms with Gasteiger partial charge in [-0.1, -0.05) is 22.0 Å². The number of aliphatic hydroxyl groups excluding tert-OH is 3. The van der Waals surface area contributed by atoms with Gasteiger partial charge in [0, 0.05) is 11.9 Å². The van der Waals surface area contributed by atoms with Crippen molar-refractivity contribution in [2.45, 2.75) is 24.0 Å². The lowest BCUT2D eigenvalue weighted by molar-refractivity contribution is 0.00385. The fourth-order valence-corrected chi connectivity index (χ4v) is 2.07. The lowest BCUT2D eigenvalue weighted by Gasteiger charge is -2.19. The molecule has 0 saturated heterocycles. The molecular weight excluding hydrogens is 286 g/mol. The first-order valence-electron chi connectivity index (χ1n) is 5.20. The predicted octanol–water partition coefficient (Wildman–Crippen LogP) is 1.23. The van der Waals surface area contributed by atoms with Crippen LogP contribution in [0.1, 0.15) is 29.2 Å². The summed E-state index contributed by atoms with van der Waals surface area (Å²) in [6, 6.07) is 6.94. The molecule has 0 radical (unpaired) electrons. The largest absolute Gasteiger partial charge is 0.396 e. The van der Waals surface area contributed by atoms with Crippen LogP contribution in [0.15, 0.2) is 18.2 Å². The third-order valence-corrected chi connectivity index (χ3v) is 3.13. The first kappa shape index (κ1) is 14.1. The van der Waals surface area contributed by atoms with Crippen molar-refractivity contribution in [1.82, 2.24) is 0 Å². The minimum Gasteiger partial charge on any atom is -0.396 e. The van der Waals surface area contributed by atoms with Gasteiger partial charge < -0.3 is 15.3 Å². The molecule has 0 aliphatic heterocycles. The van der Waals surface area contributed by atoms with Crippen LogP contribution in [0.5, 0.6) is 0 Å². The SMILES string of the molecule is N#Cc1ccc(CBr)c(C(O)C(O)CCO)c1. The van der Waals surface area contributed by atoms with Gasteiger partial charge in [0.25, 0.3) is 0 Å². The van der Waals surface area contributed by atoms with E-state index < -0.39 is 12.2 Å². The van der Waals surface area contributed by atoms with E-state index in [4.69, 9.17) is 10.4 Å². The van der Waals surface area contributed by atoms with E-state index in [0.29, 0.717) is 16.5 Å². The smallest absolute Gasteiger partial charge is 0.105 e. The van der Waals surface area contributed by atoms with E-state index in [9.17, 15) is 10.2 Å². The molecule has 17 heavy (non-hydrogen) atoms. The molecule has 92 valence electrons. The molecule has 0 aromatic heterocycles. The van der Waals surface area contributed by atoms with E-state index in [0.717, 1.165) is 5.56 Å². The van der Waals surface area contributed by atoms with Crippen molar-refractivity contribution in [2.24, 2.45) is 0 Å². The number of rotatable bonds is 5. The van der Waals surface area contributed by atoms with Crippen LogP contribution in [-0.4, -0.2) is 28.0 Å². The van der Waals surface area contributed by atoms with E-state index in [1.54, 1.807) is 18.2 Å². The zero-order valence-electron chi connectivity index (χ0n) is 9.17. The van der Waals surface area contributed by atoms with E-state index in [1.165, 1.54) is 0 Å². The van der Waals surface area contributed by atoms with Crippen LogP contribution in [0.25, 0.3) is 0 Å². The number of aliphatic hydroxyl groups is 3. The summed E-state index contributed by atoms with van der Waals surface area (Å²) in [5, 5.41) is 37.7. The Morgan fingerprint density at radius 1 is 1.35 bits per heavy atom. The van der Waals surface area contributed by atoms with Crippen LogP contribution in [0.3, 0.4) is 0 Å². The molecule has 1 aromatic carbocycles. The van der Waals surface area contributed by atoms with Gasteiger partial charge >= 0.3 is 0 Å². The fourth-order valence-electron chi connectivity index (χ4n) is 1.56. The lowest BCUT2D eigenvalue weighted by Crippen LogP contribution is -2.20. The number of alkyl halides is 1. The highest BCUT2D eigenvalue weighted by Gasteiger charge is 2.20. The van der Waals surface area contributed by atoms with Gasteiger partial charge in [0.2, 0.25) is 0 Å². The molecule has 2 atom stereocenters. The Morgan fingerprint density at radius 3 is 2.59 bits per heavy atom. The summed E-state index contributed by atoms with van der Waals surface area (Å²) in [5.74, 6) is 0. The van der Waals surface area contributed by atoms with Crippen molar-refractivity contribution in [3.8, 4) is 6.07 Å². The molecule has 5 heteroatoms. The normalized spacial score (nSPS) is 14.1. The molecule has 3 N–H and O–H groups in total. The molecule has 0 aliphatic rings. The molecule has 0 aliphatic carbocycles. The second-order valence-electron chi connectivity index (χ2n) is 3.68. The number of benzene rings is 1. The van der Waals surface area contributed by atoms with E-state index in [-0.39, 0.29) is 13.0 Å². The molecule has 1 aromatic rings. The molecule has 0 heterocycles. The van der Waals surface area contributed by atoms with Gasteiger partial charge in [0.15, 0.2) is 0 Å². The highest BCUT2D eigenvalue weighted by atomic mass is 79.9. The number of nitriles is 1. The topological polar surface area (TPSA) is 84.5 Å². The third kappa shape index (κ3) is 3.51. The summed E-state index contributed by atoms with van der Waals surface area (Å²) >= 11 is 3.29. The Morgan fingerprint density at radius 2 is 2.06 bits per heavy atom. The molecular formula is C12H14BrNO3. The first-order chi connectivity index (χ1) is 8.13. The van der Waals surface area contributed by atoms with Crippen molar-refractivity contribution >= 4 is 15.9 Å². The summed E-state index contributed by atoms with van der Waals surface area (Å²) in [6.07, 6.45) is -2.03. The molecule has 4 nitrogen and oxygen atoms in total. The monoisotopic (exact) mass is 299 g/mol. The molecule has 0 saturated carbocycles. The number of halogens is 1. The maximum Gasteiger partial charge on any atom is 0.105 e. The molecule has 1 rings (SSSR count). The van der Waals surface area contributed by atoms with Gasteiger partial charge in [-0.2, -0.15) is 5.26 Å². The Hall–Kier alpha value is -0.930. The summed E-state index contributed by atoms with van der Waals surface area (Å²) < 4.78 is 0. The van der Waals surface area contributed by atoms with Crippen molar-refractivity contribution in [3.63, 3.8) is 0 Å². The van der Waals surface area contributed by atoms with Crippen molar-refractivity contribution in [1.29, 1.82) is 5.26 Å². The minimum absolute atomic E-state index is 0.0969. The molecule has 0 amide bonds. The van der Waals surface area contributed by atoms with Crippen molar-refractivity contribution < 1.29 is 15.3 Å². The maximum atomic E-state index is 9.96. The fraction of sp³-hybridized carbons (Fsp3) is 0.417. The zero-order valence-corrected chi connectivity index (χ0v) is 10.8. The van der Waals surface area contributed by atoms with Gasteiger partial charge in [-0.15, -0.1) is 0 Å². The van der Waals surface area contributed by atoms with E-state index in [1.807, 2.05) is 6.07 Å². The Kier molecular flexibility index (Phi) is 5.59. The quantitative estimate of drug-likeness (QED) is 0.714. The minimum atomic E-state index is -1.09. The van der Waals surface area contributed by atoms with Crippen LogP contribution in [0.2, 0.25) is 0 Å². The lowest BCUT2D eigenvalue weighted by atomic mass is 9.96. The average molecular weight is 300 g/mol. The second-order valence-corrected chi connectivity index (χ2v) is 4.24. The Bertz CT molecular complexity index is 417. The van der Waals surface area contributed by atoms with Gasteiger partial charge in [-0.05, 0) is 29.7 Å². The first-order valence-corrected chi connectivity index (χ1v) is 6.32. The molecule has 0 spiro atoms. The summed E-state index contributed by atoms with van der Waals surface area (Å²) in [7, 11) is 0. The van der Waals surface area contributed by atoms with E-state index >= 15 is 0 Å². The van der Waals surface area contributed by atoms with Gasteiger partial charge in [0.05, 0.1) is 17.7 Å². The van der Waals surface area contributed by atoms with Crippen LogP contribution < -0.4 is 0 Å². The summed E-state index contributed by atoms with van der Waals surface area (Å²) in [4.78, 5) is 0. The van der Waals surface area contributed by atoms with Gasteiger partial charge in [-0.25, -0.2) is 0 Å². The maximum absolute atomic E-state index is 9.96. The van der Waals surface area contributed by atoms with Crippen molar-refractivity contribution in [3.05, 3.63) is 34.9 Å². The van der Waals surface area contributed by atoms with Crippen LogP contribution in [0.4, 0.5) is 0 Å². The zero-order chi connectivity index (χ0) is 12.8. The predicted molar refractivity (Wildman–Crippen MR) is 66.5 cm³/mol. The van der Waals surface area contributed by atoms with Gasteiger partial charge in [-0.3, -0.25) is 0 Å². The third-order valence-electron chi connectivity index (χ3n) is 2.53. The Balaban J connectivity index is 3.05. The van der Waals surface area contributed by atoms with Crippen LogP contribution >= 0.6 is 15.9 Å². The van der Waals surface area contributed by atoms with Crippen LogP contribution in [-0.2, 0) is 5.33 Å². The van der Waals surface area contributed by atoms with E-state index in [2.05, 4.69) is 15.9 Å². The highest BCUT2D eigenvalue weighted by molar-refractivity contribution is 9.08. The number of hydrogen-bond acceptors (Lipinski definition) is 4. The number of hydrogen-bond donors (Lipinski definition) is 3. The number of nitrogens with zero attached hydrogens (tertiary/aromatic N) is 1. The summed E-state index contributed by atoms with van der Waals surface area (Å²) in [6.45, 7) is -0.195. The van der Waals surface area contributed by atoms with Gasteiger partial charge in [0.1, 0.15) is 6.10 Å². The second kappa shape index (κ2) is 6.72.